The fraction of sp³-hybridized carbons (Fsp3) is 0.222. The molecule has 0 saturated heterocycles. The van der Waals surface area contributed by atoms with Crippen LogP contribution in [0.4, 0.5) is 0 Å². The van der Waals surface area contributed by atoms with Crippen molar-refractivity contribution in [1.82, 2.24) is 0 Å². The van der Waals surface area contributed by atoms with Gasteiger partial charge in [0.05, 0.1) is 5.71 Å². The maximum Gasteiger partial charge on any atom is 0.0536 e. The summed E-state index contributed by atoms with van der Waals surface area (Å²) in [6.45, 7) is 3.85. The second kappa shape index (κ2) is 6.02. The molecule has 0 aliphatic carbocycles. The van der Waals surface area contributed by atoms with Gasteiger partial charge in [-0.1, -0.05) is 24.3 Å². The van der Waals surface area contributed by atoms with Crippen LogP contribution in [0.3, 0.4) is 0 Å². The van der Waals surface area contributed by atoms with Crippen molar-refractivity contribution < 1.29 is 0 Å². The van der Waals surface area contributed by atoms with Crippen LogP contribution in [-0.4, -0.2) is 5.71 Å². The van der Waals surface area contributed by atoms with Crippen molar-refractivity contribution in [3.63, 3.8) is 0 Å². The Kier molecular flexibility index (Phi) is 5.35. The summed E-state index contributed by atoms with van der Waals surface area (Å²) in [6, 6.07) is 0. The third-order valence-corrected chi connectivity index (χ3v) is 0.926. The van der Waals surface area contributed by atoms with E-state index < -0.39 is 0 Å². The van der Waals surface area contributed by atoms with E-state index in [9.17, 15) is 0 Å². The van der Waals surface area contributed by atoms with Crippen LogP contribution in [0.15, 0.2) is 36.5 Å². The van der Waals surface area contributed by atoms with E-state index in [0.717, 1.165) is 0 Å². The zero-order chi connectivity index (χ0) is 7.82. The van der Waals surface area contributed by atoms with Crippen LogP contribution >= 0.6 is 0 Å². The van der Waals surface area contributed by atoms with E-state index in [-0.39, 0.29) is 0 Å². The monoisotopic (exact) mass is 135 g/mol. The summed E-state index contributed by atoms with van der Waals surface area (Å²) in [5.74, 6) is 0. The van der Waals surface area contributed by atoms with E-state index in [2.05, 4.69) is 0 Å². The highest BCUT2D eigenvalue weighted by Crippen LogP contribution is 1.82. The highest BCUT2D eigenvalue weighted by Gasteiger charge is 1.76. The summed E-state index contributed by atoms with van der Waals surface area (Å²) in [5, 5.41) is 7.26. The van der Waals surface area contributed by atoms with Gasteiger partial charge in [0, 0.05) is 0 Å². The minimum atomic E-state index is 0.528. The molecule has 0 radical (unpaired) electrons. The van der Waals surface area contributed by atoms with E-state index in [1.54, 1.807) is 12.2 Å². The van der Waals surface area contributed by atoms with Crippen molar-refractivity contribution in [3.05, 3.63) is 36.5 Å². The van der Waals surface area contributed by atoms with Crippen molar-refractivity contribution in [1.29, 1.82) is 5.41 Å². The van der Waals surface area contributed by atoms with E-state index in [4.69, 9.17) is 5.41 Å². The van der Waals surface area contributed by atoms with Gasteiger partial charge >= 0.3 is 0 Å². The Morgan fingerprint density at radius 3 is 2.20 bits per heavy atom. The third-order valence-electron chi connectivity index (χ3n) is 0.926. The lowest BCUT2D eigenvalue weighted by atomic mass is 10.3. The van der Waals surface area contributed by atoms with Crippen molar-refractivity contribution in [2.24, 2.45) is 0 Å². The first-order chi connectivity index (χ1) is 4.81. The summed E-state index contributed by atoms with van der Waals surface area (Å²) >= 11 is 0. The van der Waals surface area contributed by atoms with Gasteiger partial charge in [-0.25, -0.2) is 0 Å². The maximum atomic E-state index is 7.26. The minimum Gasteiger partial charge on any atom is -0.301 e. The average molecular weight is 135 g/mol. The normalized spacial score (nSPS) is 12.2. The van der Waals surface area contributed by atoms with E-state index in [1.165, 1.54) is 0 Å². The quantitative estimate of drug-likeness (QED) is 0.454. The van der Waals surface area contributed by atoms with Gasteiger partial charge in [0.1, 0.15) is 0 Å². The van der Waals surface area contributed by atoms with Gasteiger partial charge in [-0.3, -0.25) is 0 Å². The molecule has 0 aromatic carbocycles. The first-order valence-corrected chi connectivity index (χ1v) is 3.32. The Morgan fingerprint density at radius 1 is 1.00 bits per heavy atom. The molecule has 0 atom stereocenters. The summed E-state index contributed by atoms with van der Waals surface area (Å²) in [4.78, 5) is 0. The Bertz CT molecular complexity index is 173. The first-order valence-electron chi connectivity index (χ1n) is 3.32. The molecule has 1 heteroatoms. The molecule has 54 valence electrons. The van der Waals surface area contributed by atoms with E-state index >= 15 is 0 Å². The number of nitrogens with one attached hydrogen (secondary N) is 1. The number of rotatable bonds is 3. The zero-order valence-electron chi connectivity index (χ0n) is 6.46. The van der Waals surface area contributed by atoms with Crippen molar-refractivity contribution in [2.75, 3.05) is 0 Å². The van der Waals surface area contributed by atoms with Crippen molar-refractivity contribution in [3.8, 4) is 0 Å². The highest BCUT2D eigenvalue weighted by atomic mass is 14.4. The fourth-order valence-electron chi connectivity index (χ4n) is 0.505. The third kappa shape index (κ3) is 5.04. The maximum absolute atomic E-state index is 7.26. The highest BCUT2D eigenvalue weighted by molar-refractivity contribution is 6.01. The first kappa shape index (κ1) is 8.89. The second-order valence-electron chi connectivity index (χ2n) is 1.84. The average Bonchev–Trinajstić information content (AvgIpc) is 1.89. The lowest BCUT2D eigenvalue weighted by Gasteiger charge is -1.81. The van der Waals surface area contributed by atoms with Crippen LogP contribution in [0.25, 0.3) is 0 Å². The van der Waals surface area contributed by atoms with Crippen LogP contribution in [0.5, 0.6) is 0 Å². The van der Waals surface area contributed by atoms with Gasteiger partial charge in [-0.15, -0.1) is 0 Å². The molecular weight excluding hydrogens is 122 g/mol. The molecule has 0 spiro atoms. The number of allylic oxidation sites excluding steroid dienone is 6. The molecule has 1 nitrogen and oxygen atoms in total. The van der Waals surface area contributed by atoms with Gasteiger partial charge in [0.25, 0.3) is 0 Å². The van der Waals surface area contributed by atoms with E-state index in [0.29, 0.717) is 5.71 Å². The molecule has 0 aromatic heterocycles. The molecule has 0 saturated carbocycles. The summed E-state index contributed by atoms with van der Waals surface area (Å²) in [5.41, 5.74) is 0.528. The van der Waals surface area contributed by atoms with Crippen LogP contribution < -0.4 is 0 Å². The molecule has 0 aliphatic heterocycles. The number of hydrogen-bond acceptors (Lipinski definition) is 1. The van der Waals surface area contributed by atoms with Gasteiger partial charge in [0.2, 0.25) is 0 Å². The molecule has 0 unspecified atom stereocenters. The Morgan fingerprint density at radius 2 is 1.70 bits per heavy atom. The predicted molar refractivity (Wildman–Crippen MR) is 46.5 cm³/mol. The topological polar surface area (TPSA) is 23.9 Å². The standard InChI is InChI=1S/C9H13N/c1-3-5-6-8-9(10)7-4-2/h3-8,10H,1-2H3/b5-3-,7-4+,8-6-,10-9?. The lowest BCUT2D eigenvalue weighted by molar-refractivity contribution is 1.53. The van der Waals surface area contributed by atoms with Gasteiger partial charge in [-0.2, -0.15) is 0 Å². The molecule has 0 rings (SSSR count). The SMILES string of the molecule is C/C=C\C=C/C(=N)/C=C/C. The summed E-state index contributed by atoms with van der Waals surface area (Å²) in [6.07, 6.45) is 11.0. The lowest BCUT2D eigenvalue weighted by Crippen LogP contribution is -1.80. The predicted octanol–water partition coefficient (Wildman–Crippen LogP) is 2.71. The molecule has 1 N–H and O–H groups in total. The van der Waals surface area contributed by atoms with Gasteiger partial charge < -0.3 is 5.41 Å². The smallest absolute Gasteiger partial charge is 0.0536 e. The summed E-state index contributed by atoms with van der Waals surface area (Å²) < 4.78 is 0. The molecule has 0 amide bonds. The van der Waals surface area contributed by atoms with Crippen LogP contribution in [-0.2, 0) is 0 Å². The van der Waals surface area contributed by atoms with Crippen molar-refractivity contribution >= 4 is 5.71 Å². The van der Waals surface area contributed by atoms with Crippen LogP contribution in [0.1, 0.15) is 13.8 Å². The van der Waals surface area contributed by atoms with Crippen LogP contribution in [0.2, 0.25) is 0 Å². The van der Waals surface area contributed by atoms with Gasteiger partial charge in [0.15, 0.2) is 0 Å². The Hall–Kier alpha value is -1.11. The molecule has 0 fully saturated rings. The summed E-state index contributed by atoms with van der Waals surface area (Å²) in [7, 11) is 0. The Labute approximate surface area is 62.3 Å². The molecule has 0 heterocycles. The van der Waals surface area contributed by atoms with Gasteiger partial charge in [-0.05, 0) is 26.0 Å². The molecule has 0 bridgehead atoms. The van der Waals surface area contributed by atoms with Crippen LogP contribution in [0, 0.1) is 5.41 Å². The molecule has 10 heavy (non-hydrogen) atoms. The largest absolute Gasteiger partial charge is 0.301 e. The Balaban J connectivity index is 3.78. The van der Waals surface area contributed by atoms with E-state index in [1.807, 2.05) is 38.2 Å². The van der Waals surface area contributed by atoms with Crippen molar-refractivity contribution in [2.45, 2.75) is 13.8 Å². The number of hydrogen-bond donors (Lipinski definition) is 1. The zero-order valence-corrected chi connectivity index (χ0v) is 6.46. The molecular formula is C9H13N. The molecule has 0 aromatic rings. The molecule has 0 aliphatic rings. The minimum absolute atomic E-state index is 0.528. The fourth-order valence-corrected chi connectivity index (χ4v) is 0.505. The second-order valence-corrected chi connectivity index (χ2v) is 1.84.